The average molecular weight is 270 g/mol. The van der Waals surface area contributed by atoms with E-state index in [4.69, 9.17) is 5.73 Å². The smallest absolute Gasteiger partial charge is 0.230 e. The largest absolute Gasteiger partial charge is 0.353 e. The van der Waals surface area contributed by atoms with Crippen molar-refractivity contribution in [1.82, 2.24) is 5.32 Å². The molecule has 0 radical (unpaired) electrons. The van der Waals surface area contributed by atoms with E-state index in [0.717, 1.165) is 44.9 Å². The normalized spacial score (nSPS) is 25.1. The van der Waals surface area contributed by atoms with Gasteiger partial charge in [-0.05, 0) is 56.1 Å². The van der Waals surface area contributed by atoms with Gasteiger partial charge in [-0.2, -0.15) is 0 Å². The maximum atomic E-state index is 12.4. The van der Waals surface area contributed by atoms with Crippen molar-refractivity contribution in [1.29, 1.82) is 0 Å². The molecule has 0 heterocycles. The molecule has 0 saturated heterocycles. The molecule has 0 aromatic heterocycles. The first-order chi connectivity index (χ1) is 9.60. The summed E-state index contributed by atoms with van der Waals surface area (Å²) in [7, 11) is 0. The van der Waals surface area contributed by atoms with Crippen LogP contribution in [0.5, 0.6) is 0 Å². The Morgan fingerprint density at radius 1 is 1.15 bits per heavy atom. The van der Waals surface area contributed by atoms with E-state index in [2.05, 4.69) is 29.6 Å². The molecule has 3 saturated carbocycles. The van der Waals surface area contributed by atoms with Crippen LogP contribution < -0.4 is 11.1 Å². The minimum Gasteiger partial charge on any atom is -0.353 e. The van der Waals surface area contributed by atoms with Crippen molar-refractivity contribution < 1.29 is 4.79 Å². The average Bonchev–Trinajstić information content (AvgIpc) is 3.27. The highest BCUT2D eigenvalue weighted by Gasteiger charge is 2.52. The third-order valence-electron chi connectivity index (χ3n) is 5.05. The molecule has 0 bridgehead atoms. The quantitative estimate of drug-likeness (QED) is 0.860. The van der Waals surface area contributed by atoms with Crippen LogP contribution in [0.1, 0.15) is 49.7 Å². The molecular formula is C17H22N2O. The van der Waals surface area contributed by atoms with Crippen molar-refractivity contribution in [2.45, 2.75) is 61.9 Å². The molecule has 0 atom stereocenters. The SMILES string of the molecule is NC1(Cc2ccc(C3(C(=O)NC4CC4)CC3)cc2)CC1. The number of hydrogen-bond acceptors (Lipinski definition) is 2. The molecule has 1 aromatic carbocycles. The van der Waals surface area contributed by atoms with E-state index in [1.807, 2.05) is 0 Å². The van der Waals surface area contributed by atoms with Gasteiger partial charge in [-0.1, -0.05) is 24.3 Å². The van der Waals surface area contributed by atoms with E-state index in [1.54, 1.807) is 0 Å². The molecule has 106 valence electrons. The number of nitrogens with two attached hydrogens (primary N) is 1. The topological polar surface area (TPSA) is 55.1 Å². The zero-order chi connectivity index (χ0) is 13.8. The molecule has 3 heteroatoms. The maximum Gasteiger partial charge on any atom is 0.230 e. The number of amides is 1. The first kappa shape index (κ1) is 12.4. The lowest BCUT2D eigenvalue weighted by atomic mass is 9.93. The summed E-state index contributed by atoms with van der Waals surface area (Å²) >= 11 is 0. The molecule has 3 nitrogen and oxygen atoms in total. The number of hydrogen-bond donors (Lipinski definition) is 2. The molecule has 3 fully saturated rings. The Balaban J connectivity index is 1.48. The highest BCUT2D eigenvalue weighted by molar-refractivity contribution is 5.91. The minimum atomic E-state index is -0.221. The molecule has 3 aliphatic carbocycles. The molecule has 0 spiro atoms. The Morgan fingerprint density at radius 3 is 2.30 bits per heavy atom. The lowest BCUT2D eigenvalue weighted by Crippen LogP contribution is -2.36. The molecule has 1 amide bonds. The molecule has 3 aliphatic rings. The number of carbonyl (C=O) groups excluding carboxylic acids is 1. The van der Waals surface area contributed by atoms with Gasteiger partial charge in [-0.25, -0.2) is 0 Å². The van der Waals surface area contributed by atoms with Gasteiger partial charge in [0.25, 0.3) is 0 Å². The van der Waals surface area contributed by atoms with Crippen LogP contribution >= 0.6 is 0 Å². The number of rotatable bonds is 5. The Labute approximate surface area is 119 Å². The van der Waals surface area contributed by atoms with Crippen LogP contribution in [0.4, 0.5) is 0 Å². The second-order valence-electron chi connectivity index (χ2n) is 7.07. The van der Waals surface area contributed by atoms with Crippen molar-refractivity contribution in [3.63, 3.8) is 0 Å². The van der Waals surface area contributed by atoms with E-state index in [1.165, 1.54) is 11.1 Å². The van der Waals surface area contributed by atoms with Crippen LogP contribution in [-0.4, -0.2) is 17.5 Å². The van der Waals surface area contributed by atoms with Crippen molar-refractivity contribution in [3.05, 3.63) is 35.4 Å². The van der Waals surface area contributed by atoms with Crippen molar-refractivity contribution in [3.8, 4) is 0 Å². The fourth-order valence-electron chi connectivity index (χ4n) is 3.01. The lowest BCUT2D eigenvalue weighted by Gasteiger charge is -2.16. The summed E-state index contributed by atoms with van der Waals surface area (Å²) in [6, 6.07) is 9.05. The highest BCUT2D eigenvalue weighted by Crippen LogP contribution is 2.49. The Kier molecular flexibility index (Phi) is 2.53. The number of carbonyl (C=O) groups is 1. The summed E-state index contributed by atoms with van der Waals surface area (Å²) in [6.07, 6.45) is 7.54. The van der Waals surface area contributed by atoms with Crippen molar-refractivity contribution in [2.75, 3.05) is 0 Å². The first-order valence-corrected chi connectivity index (χ1v) is 7.79. The third-order valence-corrected chi connectivity index (χ3v) is 5.05. The van der Waals surface area contributed by atoms with Gasteiger partial charge in [0.2, 0.25) is 5.91 Å². The number of benzene rings is 1. The third kappa shape index (κ3) is 2.24. The van der Waals surface area contributed by atoms with Gasteiger partial charge >= 0.3 is 0 Å². The zero-order valence-electron chi connectivity index (χ0n) is 11.8. The van der Waals surface area contributed by atoms with Gasteiger partial charge in [0, 0.05) is 11.6 Å². The lowest BCUT2D eigenvalue weighted by molar-refractivity contribution is -0.123. The van der Waals surface area contributed by atoms with Gasteiger partial charge in [-0.3, -0.25) is 4.79 Å². The number of nitrogens with one attached hydrogen (secondary N) is 1. The first-order valence-electron chi connectivity index (χ1n) is 7.79. The van der Waals surface area contributed by atoms with Gasteiger partial charge < -0.3 is 11.1 Å². The van der Waals surface area contributed by atoms with Crippen molar-refractivity contribution >= 4 is 5.91 Å². The molecule has 4 rings (SSSR count). The Hall–Kier alpha value is -1.35. The molecule has 20 heavy (non-hydrogen) atoms. The highest BCUT2D eigenvalue weighted by atomic mass is 16.2. The zero-order valence-corrected chi connectivity index (χ0v) is 11.8. The van der Waals surface area contributed by atoms with E-state index < -0.39 is 0 Å². The van der Waals surface area contributed by atoms with Gasteiger partial charge in [0.1, 0.15) is 0 Å². The summed E-state index contributed by atoms with van der Waals surface area (Å²) in [5, 5.41) is 3.16. The van der Waals surface area contributed by atoms with Crippen molar-refractivity contribution in [2.24, 2.45) is 5.73 Å². The van der Waals surface area contributed by atoms with E-state index in [9.17, 15) is 4.79 Å². The standard InChI is InChI=1S/C17H22N2O/c18-16(7-8-16)11-12-1-3-13(4-2-12)17(9-10-17)15(20)19-14-5-6-14/h1-4,14H,5-11,18H2,(H,19,20). The second kappa shape index (κ2) is 4.08. The minimum absolute atomic E-state index is 0.0577. The maximum absolute atomic E-state index is 12.4. The molecular weight excluding hydrogens is 248 g/mol. The molecule has 1 aromatic rings. The van der Waals surface area contributed by atoms with Crippen LogP contribution in [0.3, 0.4) is 0 Å². The fourth-order valence-corrected chi connectivity index (χ4v) is 3.01. The molecule has 0 unspecified atom stereocenters. The second-order valence-corrected chi connectivity index (χ2v) is 7.07. The summed E-state index contributed by atoms with van der Waals surface area (Å²) in [4.78, 5) is 12.4. The van der Waals surface area contributed by atoms with Crippen LogP contribution in [0.15, 0.2) is 24.3 Å². The summed E-state index contributed by atoms with van der Waals surface area (Å²) in [5.41, 5.74) is 8.48. The van der Waals surface area contributed by atoms with Crippen LogP contribution in [-0.2, 0) is 16.6 Å². The summed E-state index contributed by atoms with van der Waals surface area (Å²) in [6.45, 7) is 0. The Morgan fingerprint density at radius 2 is 1.80 bits per heavy atom. The van der Waals surface area contributed by atoms with Gasteiger partial charge in [0.05, 0.1) is 5.41 Å². The van der Waals surface area contributed by atoms with Gasteiger partial charge in [-0.15, -0.1) is 0 Å². The summed E-state index contributed by atoms with van der Waals surface area (Å²) in [5.74, 6) is 0.241. The van der Waals surface area contributed by atoms with Gasteiger partial charge in [0.15, 0.2) is 0 Å². The molecule has 3 N–H and O–H groups in total. The van der Waals surface area contributed by atoms with Crippen LogP contribution in [0.2, 0.25) is 0 Å². The predicted molar refractivity (Wildman–Crippen MR) is 78.4 cm³/mol. The molecule has 0 aliphatic heterocycles. The monoisotopic (exact) mass is 270 g/mol. The fraction of sp³-hybridized carbons (Fsp3) is 0.588. The van der Waals surface area contributed by atoms with Crippen LogP contribution in [0.25, 0.3) is 0 Å². The van der Waals surface area contributed by atoms with E-state index >= 15 is 0 Å². The Bertz CT molecular complexity index is 537. The predicted octanol–water partition coefficient (Wildman–Crippen LogP) is 2.03. The van der Waals surface area contributed by atoms with E-state index in [-0.39, 0.29) is 16.9 Å². The van der Waals surface area contributed by atoms with E-state index in [0.29, 0.717) is 6.04 Å². The van der Waals surface area contributed by atoms with Crippen LogP contribution in [0, 0.1) is 0 Å². The summed E-state index contributed by atoms with van der Waals surface area (Å²) < 4.78 is 0.